The Labute approximate surface area is 51.5 Å². The highest BCUT2D eigenvalue weighted by Crippen LogP contribution is 1.92. The minimum absolute atomic E-state index is 0. The molecule has 1 N–H and O–H groups in total. The van der Waals surface area contributed by atoms with Crippen LogP contribution in [-0.4, -0.2) is 18.9 Å². The van der Waals surface area contributed by atoms with E-state index in [-0.39, 0.29) is 1.43 Å². The second-order valence-electron chi connectivity index (χ2n) is 2.10. The summed E-state index contributed by atoms with van der Waals surface area (Å²) in [6.45, 7) is 4.14. The quantitative estimate of drug-likeness (QED) is 0.500. The summed E-state index contributed by atoms with van der Waals surface area (Å²) in [5.41, 5.74) is 0. The van der Waals surface area contributed by atoms with E-state index in [4.69, 9.17) is 0 Å². The Morgan fingerprint density at radius 3 is 3.38 bits per heavy atom. The van der Waals surface area contributed by atoms with Crippen LogP contribution in [0.25, 0.3) is 0 Å². The molecule has 48 valence electrons. The molecule has 0 aromatic heterocycles. The van der Waals surface area contributed by atoms with Crippen molar-refractivity contribution in [3.63, 3.8) is 0 Å². The van der Waals surface area contributed by atoms with E-state index >= 15 is 0 Å². The van der Waals surface area contributed by atoms with Gasteiger partial charge in [0.15, 0.2) is 0 Å². The maximum atomic E-state index is 4.23. The van der Waals surface area contributed by atoms with Gasteiger partial charge in [-0.2, -0.15) is 0 Å². The van der Waals surface area contributed by atoms with Crippen LogP contribution in [0.2, 0.25) is 0 Å². The average Bonchev–Trinajstić information content (AvgIpc) is 1.94. The van der Waals surface area contributed by atoms with Gasteiger partial charge in [0.1, 0.15) is 0 Å². The van der Waals surface area contributed by atoms with Gasteiger partial charge in [0, 0.05) is 14.5 Å². The van der Waals surface area contributed by atoms with E-state index in [1.165, 1.54) is 12.8 Å². The Bertz CT molecular complexity index is 101. The maximum Gasteiger partial charge on any atom is 0.0931 e. The first kappa shape index (κ1) is 5.60. The zero-order valence-corrected chi connectivity index (χ0v) is 5.28. The molecule has 1 heterocycles. The third kappa shape index (κ3) is 1.52. The van der Waals surface area contributed by atoms with Crippen LogP contribution in [0.1, 0.15) is 21.2 Å². The molecule has 0 aromatic carbocycles. The molecule has 0 saturated heterocycles. The second kappa shape index (κ2) is 2.70. The summed E-state index contributed by atoms with van der Waals surface area (Å²) < 4.78 is 0. The number of aliphatic imine (C=N–C) groups is 1. The highest BCUT2D eigenvalue weighted by atomic mass is 15.0. The van der Waals surface area contributed by atoms with Gasteiger partial charge in [-0.15, -0.1) is 0 Å². The molecule has 0 bridgehead atoms. The Balaban J connectivity index is 0.000000640. The van der Waals surface area contributed by atoms with Gasteiger partial charge in [-0.3, -0.25) is 4.99 Å². The van der Waals surface area contributed by atoms with E-state index < -0.39 is 0 Å². The molecule has 0 atom stereocenters. The normalized spacial score (nSPS) is 20.9. The minimum Gasteiger partial charge on any atom is -0.374 e. The van der Waals surface area contributed by atoms with Crippen molar-refractivity contribution in [2.24, 2.45) is 4.99 Å². The predicted octanol–water partition coefficient (Wildman–Crippen LogP) is 1.03. The zero-order valence-electron chi connectivity index (χ0n) is 5.28. The summed E-state index contributed by atoms with van der Waals surface area (Å²) in [7, 11) is 0. The molecular formula is C6H14N2. The molecular weight excluding hydrogens is 100 g/mol. The summed E-state index contributed by atoms with van der Waals surface area (Å²) in [5, 5.41) is 3.19. The van der Waals surface area contributed by atoms with Crippen LogP contribution in [0.15, 0.2) is 4.99 Å². The first-order chi connectivity index (χ1) is 3.89. The van der Waals surface area contributed by atoms with Gasteiger partial charge in [-0.1, -0.05) is 0 Å². The molecule has 2 heteroatoms. The lowest BCUT2D eigenvalue weighted by atomic mass is 10.3. The van der Waals surface area contributed by atoms with Crippen molar-refractivity contribution in [3.8, 4) is 0 Å². The van der Waals surface area contributed by atoms with Crippen LogP contribution in [0.3, 0.4) is 0 Å². The Morgan fingerprint density at radius 2 is 2.50 bits per heavy atom. The van der Waals surface area contributed by atoms with Gasteiger partial charge in [-0.25, -0.2) is 0 Å². The topological polar surface area (TPSA) is 24.4 Å². The van der Waals surface area contributed by atoms with E-state index in [0.29, 0.717) is 0 Å². The molecule has 0 unspecified atom stereocenters. The van der Waals surface area contributed by atoms with E-state index in [1.54, 1.807) is 0 Å². The molecule has 0 saturated carbocycles. The van der Waals surface area contributed by atoms with Crippen molar-refractivity contribution in [3.05, 3.63) is 0 Å². The molecule has 0 fully saturated rings. The molecule has 2 nitrogen and oxygen atoms in total. The van der Waals surface area contributed by atoms with E-state index in [2.05, 4.69) is 10.3 Å². The van der Waals surface area contributed by atoms with Crippen LogP contribution < -0.4 is 5.32 Å². The zero-order chi connectivity index (χ0) is 5.82. The van der Waals surface area contributed by atoms with Crippen LogP contribution >= 0.6 is 0 Å². The second-order valence-corrected chi connectivity index (χ2v) is 2.10. The first-order valence-corrected chi connectivity index (χ1v) is 3.14. The monoisotopic (exact) mass is 114 g/mol. The van der Waals surface area contributed by atoms with Crippen LogP contribution in [0.5, 0.6) is 0 Å². The molecule has 0 amide bonds. The summed E-state index contributed by atoms with van der Waals surface area (Å²) in [6, 6.07) is 0. The highest BCUT2D eigenvalue weighted by molar-refractivity contribution is 5.79. The van der Waals surface area contributed by atoms with Crippen molar-refractivity contribution in [1.82, 2.24) is 5.32 Å². The largest absolute Gasteiger partial charge is 0.374 e. The standard InChI is InChI=1S/C6H12N2.H2/c1-6-7-4-2-3-5-8-6;/h2-5H2,1H3,(H,7,8);1H. The highest BCUT2D eigenvalue weighted by Gasteiger charge is 1.94. The number of hydrogen-bond donors (Lipinski definition) is 1. The molecule has 0 radical (unpaired) electrons. The Morgan fingerprint density at radius 1 is 1.62 bits per heavy atom. The molecule has 1 aliphatic rings. The van der Waals surface area contributed by atoms with Crippen molar-refractivity contribution >= 4 is 5.84 Å². The fourth-order valence-electron chi connectivity index (χ4n) is 0.809. The maximum absolute atomic E-state index is 4.23. The van der Waals surface area contributed by atoms with Crippen LogP contribution in [-0.2, 0) is 0 Å². The number of amidine groups is 1. The molecule has 0 spiro atoms. The summed E-state index contributed by atoms with van der Waals surface area (Å²) in [4.78, 5) is 4.23. The van der Waals surface area contributed by atoms with Gasteiger partial charge >= 0.3 is 0 Å². The molecule has 0 aromatic rings. The van der Waals surface area contributed by atoms with E-state index in [9.17, 15) is 0 Å². The van der Waals surface area contributed by atoms with Gasteiger partial charge < -0.3 is 5.32 Å². The van der Waals surface area contributed by atoms with Crippen molar-refractivity contribution < 1.29 is 1.43 Å². The van der Waals surface area contributed by atoms with Crippen LogP contribution in [0.4, 0.5) is 0 Å². The molecule has 8 heavy (non-hydrogen) atoms. The van der Waals surface area contributed by atoms with E-state index in [0.717, 1.165) is 18.9 Å². The van der Waals surface area contributed by atoms with Crippen molar-refractivity contribution in [2.75, 3.05) is 13.1 Å². The third-order valence-electron chi connectivity index (χ3n) is 1.31. The SMILES string of the molecule is CC1=NCCCCN1.[HH]. The van der Waals surface area contributed by atoms with Gasteiger partial charge in [0.25, 0.3) is 0 Å². The predicted molar refractivity (Wildman–Crippen MR) is 37.3 cm³/mol. The minimum atomic E-state index is 0. The third-order valence-corrected chi connectivity index (χ3v) is 1.31. The number of rotatable bonds is 0. The smallest absolute Gasteiger partial charge is 0.0931 e. The lowest BCUT2D eigenvalue weighted by molar-refractivity contribution is 0.749. The Kier molecular flexibility index (Phi) is 1.89. The van der Waals surface area contributed by atoms with Gasteiger partial charge in [0.2, 0.25) is 0 Å². The fourth-order valence-corrected chi connectivity index (χ4v) is 0.809. The van der Waals surface area contributed by atoms with Crippen molar-refractivity contribution in [2.45, 2.75) is 19.8 Å². The fraction of sp³-hybridized carbons (Fsp3) is 0.833. The Hall–Kier alpha value is -0.530. The van der Waals surface area contributed by atoms with Gasteiger partial charge in [0.05, 0.1) is 5.84 Å². The van der Waals surface area contributed by atoms with E-state index in [1.807, 2.05) is 6.92 Å². The summed E-state index contributed by atoms with van der Waals surface area (Å²) >= 11 is 0. The molecule has 1 rings (SSSR count). The van der Waals surface area contributed by atoms with Crippen LogP contribution in [0, 0.1) is 0 Å². The molecule has 0 aliphatic carbocycles. The number of hydrogen-bond acceptors (Lipinski definition) is 2. The summed E-state index contributed by atoms with van der Waals surface area (Å²) in [5.74, 6) is 1.10. The van der Waals surface area contributed by atoms with Crippen molar-refractivity contribution in [1.29, 1.82) is 0 Å². The summed E-state index contributed by atoms with van der Waals surface area (Å²) in [6.07, 6.45) is 2.51. The average molecular weight is 114 g/mol. The lowest BCUT2D eigenvalue weighted by Gasteiger charge is -1.96. The first-order valence-electron chi connectivity index (χ1n) is 3.14. The number of nitrogens with one attached hydrogen (secondary N) is 1. The lowest BCUT2D eigenvalue weighted by Crippen LogP contribution is -2.19. The number of nitrogens with zero attached hydrogens (tertiary/aromatic N) is 1. The van der Waals surface area contributed by atoms with Gasteiger partial charge in [-0.05, 0) is 19.8 Å². The molecule has 1 aliphatic heterocycles.